The molecule has 0 spiro atoms. The van der Waals surface area contributed by atoms with Crippen molar-refractivity contribution in [3.05, 3.63) is 83.0 Å². The molecular weight excluding hydrogens is 713 g/mol. The van der Waals surface area contributed by atoms with Crippen molar-refractivity contribution < 1.29 is 28.7 Å². The molecule has 4 aromatic rings. The Kier molecular flexibility index (Phi) is 12.3. The number of amides is 4. The van der Waals surface area contributed by atoms with E-state index < -0.39 is 24.3 Å². The fraction of sp³-hybridized carbons (Fsp3) is 0.429. The third kappa shape index (κ3) is 8.98. The predicted molar refractivity (Wildman–Crippen MR) is 209 cm³/mol. The lowest BCUT2D eigenvalue weighted by Gasteiger charge is -2.29. The number of ether oxygens (including phenoxy) is 2. The van der Waals surface area contributed by atoms with E-state index in [0.717, 1.165) is 47.6 Å². The number of aromatic amines is 2. The lowest BCUT2D eigenvalue weighted by atomic mass is 10.0. The fourth-order valence-corrected chi connectivity index (χ4v) is 7.20. The number of rotatable bonds is 8. The van der Waals surface area contributed by atoms with Gasteiger partial charge >= 0.3 is 12.2 Å². The van der Waals surface area contributed by atoms with E-state index in [1.807, 2.05) is 64.1 Å². The summed E-state index contributed by atoms with van der Waals surface area (Å²) < 4.78 is 9.47. The fourth-order valence-electron chi connectivity index (χ4n) is 7.20. The molecule has 0 radical (unpaired) electrons. The van der Waals surface area contributed by atoms with Crippen LogP contribution in [-0.2, 0) is 19.1 Å². The molecule has 2 aromatic heterocycles. The SMILES string of the molecule is COC(=O)NC(C(=O)N1CCCC1c1ncc(C#Cc2ccc3cc(C#Cc4cnc(C5CCCN5C(=O)C(NC(=O)OC)C(C)C)[nH]4)ccc3c2)[nH]1)C(C)C. The van der Waals surface area contributed by atoms with Gasteiger partial charge in [-0.1, -0.05) is 51.7 Å². The van der Waals surface area contributed by atoms with Crippen LogP contribution in [0.2, 0.25) is 0 Å². The van der Waals surface area contributed by atoms with E-state index >= 15 is 0 Å². The molecule has 292 valence electrons. The van der Waals surface area contributed by atoms with Gasteiger partial charge in [-0.3, -0.25) is 9.59 Å². The molecule has 14 heteroatoms. The Hall–Kier alpha value is -6.28. The molecule has 2 fully saturated rings. The number of benzene rings is 2. The van der Waals surface area contributed by atoms with E-state index in [0.29, 0.717) is 36.1 Å². The Bertz CT molecular complexity index is 2060. The van der Waals surface area contributed by atoms with Gasteiger partial charge in [-0.2, -0.15) is 0 Å². The van der Waals surface area contributed by atoms with Crippen molar-refractivity contribution in [2.75, 3.05) is 27.3 Å². The summed E-state index contributed by atoms with van der Waals surface area (Å²) in [6, 6.07) is 10.1. The standard InChI is InChI=1S/C42H48N8O6/c1-25(2)35(47-41(53)55-5)39(51)49-19-7-9-33(49)37-43-23-31(45-37)17-13-27-11-15-30-22-28(12-16-29(30)21-27)14-18-32-24-44-38(46-32)34-10-8-20-50(34)40(52)36(26(3)4)48-42(54)56-6/h11-12,15-16,21-26,33-36H,7-10,19-20H2,1-6H3,(H,43,45)(H,44,46)(H,47,53)(H,48,54). The Labute approximate surface area is 326 Å². The van der Waals surface area contributed by atoms with Crippen LogP contribution >= 0.6 is 0 Å². The second kappa shape index (κ2) is 17.5. The summed E-state index contributed by atoms with van der Waals surface area (Å²) in [5.41, 5.74) is 2.96. The van der Waals surface area contributed by atoms with Crippen molar-refractivity contribution in [1.29, 1.82) is 0 Å². The minimum Gasteiger partial charge on any atom is -0.453 e. The molecule has 4 unspecified atom stereocenters. The number of carbonyl (C=O) groups excluding carboxylic acids is 4. The molecule has 2 aromatic carbocycles. The molecule has 2 saturated heterocycles. The number of imidazole rings is 2. The highest BCUT2D eigenvalue weighted by molar-refractivity contribution is 5.87. The van der Waals surface area contributed by atoms with Gasteiger partial charge in [-0.15, -0.1) is 0 Å². The highest BCUT2D eigenvalue weighted by Gasteiger charge is 2.38. The average Bonchev–Trinajstić information content (AvgIpc) is 4.03. The predicted octanol–water partition coefficient (Wildman–Crippen LogP) is 5.17. The van der Waals surface area contributed by atoms with E-state index in [-0.39, 0.29) is 35.7 Å². The van der Waals surface area contributed by atoms with Crippen molar-refractivity contribution in [2.45, 2.75) is 77.5 Å². The first-order valence-corrected chi connectivity index (χ1v) is 18.9. The van der Waals surface area contributed by atoms with Crippen LogP contribution in [-0.4, -0.2) is 93.1 Å². The highest BCUT2D eigenvalue weighted by atomic mass is 16.5. The third-order valence-corrected chi connectivity index (χ3v) is 10.2. The quantitative estimate of drug-likeness (QED) is 0.178. The Morgan fingerprint density at radius 2 is 1.09 bits per heavy atom. The summed E-state index contributed by atoms with van der Waals surface area (Å²) in [7, 11) is 2.56. The summed E-state index contributed by atoms with van der Waals surface area (Å²) >= 11 is 0. The minimum absolute atomic E-state index is 0.114. The number of alkyl carbamates (subject to hydrolysis) is 2. The zero-order valence-electron chi connectivity index (χ0n) is 32.6. The number of likely N-dealkylation sites (tertiary alicyclic amines) is 2. The number of methoxy groups -OCH3 is 2. The Morgan fingerprint density at radius 3 is 1.46 bits per heavy atom. The van der Waals surface area contributed by atoms with Gasteiger partial charge in [0.25, 0.3) is 0 Å². The van der Waals surface area contributed by atoms with Gasteiger partial charge in [0, 0.05) is 24.2 Å². The largest absolute Gasteiger partial charge is 0.453 e. The molecule has 14 nitrogen and oxygen atoms in total. The topological polar surface area (TPSA) is 175 Å². The lowest BCUT2D eigenvalue weighted by Crippen LogP contribution is -2.51. The highest BCUT2D eigenvalue weighted by Crippen LogP contribution is 2.33. The molecule has 0 bridgehead atoms. The third-order valence-electron chi connectivity index (χ3n) is 10.2. The monoisotopic (exact) mass is 760 g/mol. The summed E-state index contributed by atoms with van der Waals surface area (Å²) in [6.07, 6.45) is 5.27. The van der Waals surface area contributed by atoms with E-state index in [4.69, 9.17) is 9.47 Å². The number of nitrogens with zero attached hydrogens (tertiary/aromatic N) is 4. The summed E-state index contributed by atoms with van der Waals surface area (Å²) in [6.45, 7) is 8.70. The van der Waals surface area contributed by atoms with E-state index in [1.54, 1.807) is 22.2 Å². The van der Waals surface area contributed by atoms with E-state index in [1.165, 1.54) is 14.2 Å². The van der Waals surface area contributed by atoms with Gasteiger partial charge in [0.2, 0.25) is 11.8 Å². The number of hydrogen-bond acceptors (Lipinski definition) is 8. The van der Waals surface area contributed by atoms with Crippen LogP contribution in [0.25, 0.3) is 10.8 Å². The molecule has 4 atom stereocenters. The van der Waals surface area contributed by atoms with E-state index in [2.05, 4.69) is 54.3 Å². The van der Waals surface area contributed by atoms with Crippen molar-refractivity contribution in [3.63, 3.8) is 0 Å². The van der Waals surface area contributed by atoms with Gasteiger partial charge in [-0.25, -0.2) is 19.6 Å². The van der Waals surface area contributed by atoms with E-state index in [9.17, 15) is 19.2 Å². The number of H-pyrrole nitrogens is 2. The van der Waals surface area contributed by atoms with Crippen LogP contribution in [0.3, 0.4) is 0 Å². The first-order chi connectivity index (χ1) is 26.9. The maximum Gasteiger partial charge on any atom is 0.407 e. The maximum atomic E-state index is 13.5. The number of hydrogen-bond donors (Lipinski definition) is 4. The Morgan fingerprint density at radius 1 is 0.679 bits per heavy atom. The van der Waals surface area contributed by atoms with Gasteiger partial charge in [0.15, 0.2) is 0 Å². The van der Waals surface area contributed by atoms with Crippen LogP contribution < -0.4 is 10.6 Å². The summed E-state index contributed by atoms with van der Waals surface area (Å²) in [5, 5.41) is 7.38. The van der Waals surface area contributed by atoms with Crippen LogP contribution in [0.1, 0.15) is 99.6 Å². The number of carbonyl (C=O) groups is 4. The summed E-state index contributed by atoms with van der Waals surface area (Å²) in [5.74, 6) is 13.6. The molecule has 0 aliphatic carbocycles. The lowest BCUT2D eigenvalue weighted by molar-refractivity contribution is -0.136. The van der Waals surface area contributed by atoms with Gasteiger partial charge in [0.1, 0.15) is 35.1 Å². The first-order valence-electron chi connectivity index (χ1n) is 18.9. The minimum atomic E-state index is -0.700. The normalized spacial score (nSPS) is 17.5. The second-order valence-corrected chi connectivity index (χ2v) is 14.7. The smallest absolute Gasteiger partial charge is 0.407 e. The molecule has 4 N–H and O–H groups in total. The maximum absolute atomic E-state index is 13.5. The van der Waals surface area contributed by atoms with Crippen molar-refractivity contribution >= 4 is 34.8 Å². The first kappa shape index (κ1) is 39.4. The number of fused-ring (bicyclic) bond motifs is 1. The second-order valence-electron chi connectivity index (χ2n) is 14.7. The zero-order valence-corrected chi connectivity index (χ0v) is 32.6. The molecule has 2 aliphatic rings. The van der Waals surface area contributed by atoms with Crippen molar-refractivity contribution in [3.8, 4) is 23.7 Å². The molecule has 56 heavy (non-hydrogen) atoms. The molecule has 4 amide bonds. The summed E-state index contributed by atoms with van der Waals surface area (Å²) in [4.78, 5) is 70.0. The molecular formula is C42H48N8O6. The molecule has 0 saturated carbocycles. The van der Waals surface area contributed by atoms with Crippen molar-refractivity contribution in [1.82, 2.24) is 40.4 Å². The average molecular weight is 761 g/mol. The van der Waals surface area contributed by atoms with Gasteiger partial charge in [0.05, 0.1) is 38.7 Å². The van der Waals surface area contributed by atoms with Crippen molar-refractivity contribution in [2.24, 2.45) is 11.8 Å². The number of nitrogens with one attached hydrogen (secondary N) is 4. The van der Waals surface area contributed by atoms with Gasteiger partial charge in [-0.05, 0) is 84.4 Å². The van der Waals surface area contributed by atoms with Crippen LogP contribution in [0.4, 0.5) is 9.59 Å². The van der Waals surface area contributed by atoms with Crippen LogP contribution in [0.5, 0.6) is 0 Å². The molecule has 6 rings (SSSR count). The Balaban J connectivity index is 1.10. The molecule has 4 heterocycles. The zero-order chi connectivity index (χ0) is 39.9. The number of aromatic nitrogens is 4. The van der Waals surface area contributed by atoms with Gasteiger partial charge < -0.3 is 39.9 Å². The van der Waals surface area contributed by atoms with Crippen LogP contribution in [0.15, 0.2) is 48.8 Å². The van der Waals surface area contributed by atoms with Crippen LogP contribution in [0, 0.1) is 35.5 Å². The molecule has 2 aliphatic heterocycles.